The number of aliphatic hydroxyl groups excluding tert-OH is 1. The lowest BCUT2D eigenvalue weighted by molar-refractivity contribution is -0.132. The van der Waals surface area contributed by atoms with Gasteiger partial charge < -0.3 is 14.6 Å². The van der Waals surface area contributed by atoms with Crippen LogP contribution in [0.4, 0.5) is 5.69 Å². The van der Waals surface area contributed by atoms with Crippen molar-refractivity contribution in [1.82, 2.24) is 4.98 Å². The molecular formula is C28H28N2O5. The maximum absolute atomic E-state index is 13.3. The number of hydrogen-bond acceptors (Lipinski definition) is 6. The van der Waals surface area contributed by atoms with Crippen molar-refractivity contribution in [1.29, 1.82) is 0 Å². The van der Waals surface area contributed by atoms with Gasteiger partial charge in [-0.05, 0) is 54.4 Å². The van der Waals surface area contributed by atoms with Crippen LogP contribution in [0.1, 0.15) is 43.4 Å². The van der Waals surface area contributed by atoms with E-state index >= 15 is 0 Å². The van der Waals surface area contributed by atoms with Gasteiger partial charge in [0.15, 0.2) is 0 Å². The molecule has 0 saturated carbocycles. The first-order valence-corrected chi connectivity index (χ1v) is 11.6. The quantitative estimate of drug-likeness (QED) is 0.197. The number of ether oxygens (including phenoxy) is 2. The number of carbonyl (C=O) groups excluding carboxylic acids is 2. The Bertz CT molecular complexity index is 1220. The highest BCUT2D eigenvalue weighted by Crippen LogP contribution is 2.44. The summed E-state index contributed by atoms with van der Waals surface area (Å²) in [6.45, 7) is 2.75. The molecule has 1 amide bonds. The van der Waals surface area contributed by atoms with Crippen molar-refractivity contribution in [2.24, 2.45) is 0 Å². The number of ketones is 1. The molecule has 2 heterocycles. The molecule has 4 rings (SSSR count). The number of hydrogen-bond donors (Lipinski definition) is 1. The van der Waals surface area contributed by atoms with Gasteiger partial charge in [0.05, 0.1) is 31.0 Å². The molecule has 1 aliphatic heterocycles. The third-order valence-electron chi connectivity index (χ3n) is 5.93. The van der Waals surface area contributed by atoms with Crippen molar-refractivity contribution in [2.45, 2.75) is 32.2 Å². The lowest BCUT2D eigenvalue weighted by Crippen LogP contribution is -2.29. The fourth-order valence-electron chi connectivity index (χ4n) is 4.17. The van der Waals surface area contributed by atoms with Gasteiger partial charge in [0.25, 0.3) is 11.7 Å². The number of para-hydroxylation sites is 2. The molecule has 1 unspecified atom stereocenters. The predicted octanol–water partition coefficient (Wildman–Crippen LogP) is 5.29. The van der Waals surface area contributed by atoms with Gasteiger partial charge in [-0.15, -0.1) is 0 Å². The summed E-state index contributed by atoms with van der Waals surface area (Å²) in [5.74, 6) is -0.668. The summed E-state index contributed by atoms with van der Waals surface area (Å²) in [5.41, 5.74) is 1.43. The highest BCUT2D eigenvalue weighted by molar-refractivity contribution is 6.51. The lowest BCUT2D eigenvalue weighted by Gasteiger charge is -2.26. The largest absolute Gasteiger partial charge is 0.507 e. The van der Waals surface area contributed by atoms with E-state index in [2.05, 4.69) is 11.9 Å². The molecule has 0 radical (unpaired) electrons. The van der Waals surface area contributed by atoms with Crippen molar-refractivity contribution < 1.29 is 24.2 Å². The average Bonchev–Trinajstić information content (AvgIpc) is 3.17. The Labute approximate surface area is 204 Å². The van der Waals surface area contributed by atoms with Crippen molar-refractivity contribution in [2.75, 3.05) is 18.6 Å². The Balaban J connectivity index is 1.76. The molecule has 7 heteroatoms. The standard InChI is InChI=1S/C28H28N2O5/c1-3-4-7-17-35-21-14-12-19(13-15-21)26(31)24-25(20-9-8-16-29-18-20)30(28(33)27(24)32)22-10-5-6-11-23(22)34-2/h5-6,8-16,18,25,31H,3-4,7,17H2,1-2H3/b26-24+. The van der Waals surface area contributed by atoms with E-state index in [1.54, 1.807) is 73.1 Å². The fourth-order valence-corrected chi connectivity index (χ4v) is 4.17. The number of methoxy groups -OCH3 is 1. The minimum atomic E-state index is -0.870. The van der Waals surface area contributed by atoms with Crippen LogP contribution in [-0.4, -0.2) is 35.5 Å². The summed E-state index contributed by atoms with van der Waals surface area (Å²) in [5, 5.41) is 11.3. The highest BCUT2D eigenvalue weighted by atomic mass is 16.5. The Morgan fingerprint density at radius 2 is 1.80 bits per heavy atom. The predicted molar refractivity (Wildman–Crippen MR) is 133 cm³/mol. The Kier molecular flexibility index (Phi) is 7.45. The first-order chi connectivity index (χ1) is 17.1. The molecule has 180 valence electrons. The van der Waals surface area contributed by atoms with Crippen LogP contribution in [0.2, 0.25) is 0 Å². The van der Waals surface area contributed by atoms with Gasteiger partial charge in [0.1, 0.15) is 17.3 Å². The van der Waals surface area contributed by atoms with Crippen LogP contribution in [0.5, 0.6) is 11.5 Å². The van der Waals surface area contributed by atoms with Gasteiger partial charge in [-0.1, -0.05) is 38.0 Å². The number of carbonyl (C=O) groups is 2. The second kappa shape index (κ2) is 10.9. The molecule has 1 N–H and O–H groups in total. The van der Waals surface area contributed by atoms with Crippen LogP contribution in [0.3, 0.4) is 0 Å². The van der Waals surface area contributed by atoms with Crippen LogP contribution < -0.4 is 14.4 Å². The van der Waals surface area contributed by atoms with Gasteiger partial charge in [-0.2, -0.15) is 0 Å². The topological polar surface area (TPSA) is 89.0 Å². The first kappa shape index (κ1) is 24.0. The summed E-state index contributed by atoms with van der Waals surface area (Å²) in [4.78, 5) is 32.1. The van der Waals surface area contributed by atoms with Crippen LogP contribution in [0.15, 0.2) is 78.6 Å². The van der Waals surface area contributed by atoms with Crippen molar-refractivity contribution in [3.05, 3.63) is 89.8 Å². The van der Waals surface area contributed by atoms with E-state index in [9.17, 15) is 14.7 Å². The van der Waals surface area contributed by atoms with E-state index in [0.717, 1.165) is 19.3 Å². The number of anilines is 1. The number of rotatable bonds is 9. The molecule has 2 aromatic carbocycles. The van der Waals surface area contributed by atoms with E-state index in [0.29, 0.717) is 34.9 Å². The number of amides is 1. The van der Waals surface area contributed by atoms with Gasteiger partial charge in [0.2, 0.25) is 0 Å². The number of unbranched alkanes of at least 4 members (excludes halogenated alkanes) is 2. The molecule has 1 aliphatic rings. The lowest BCUT2D eigenvalue weighted by atomic mass is 9.96. The zero-order chi connectivity index (χ0) is 24.8. The summed E-state index contributed by atoms with van der Waals surface area (Å²) in [6.07, 6.45) is 6.37. The zero-order valence-corrected chi connectivity index (χ0v) is 19.8. The van der Waals surface area contributed by atoms with Crippen molar-refractivity contribution in [3.63, 3.8) is 0 Å². The molecule has 1 aromatic heterocycles. The zero-order valence-electron chi connectivity index (χ0n) is 19.8. The molecule has 0 aliphatic carbocycles. The average molecular weight is 473 g/mol. The maximum Gasteiger partial charge on any atom is 0.300 e. The summed E-state index contributed by atoms with van der Waals surface area (Å²) < 4.78 is 11.2. The van der Waals surface area contributed by atoms with E-state index in [4.69, 9.17) is 9.47 Å². The molecule has 1 saturated heterocycles. The normalized spacial score (nSPS) is 17.0. The Morgan fingerprint density at radius 3 is 2.49 bits per heavy atom. The Morgan fingerprint density at radius 1 is 1.03 bits per heavy atom. The number of Topliss-reactive ketones (excluding diaryl/α,β-unsaturated/α-hetero) is 1. The van der Waals surface area contributed by atoms with Crippen molar-refractivity contribution in [3.8, 4) is 11.5 Å². The minimum absolute atomic E-state index is 0.00878. The monoisotopic (exact) mass is 472 g/mol. The van der Waals surface area contributed by atoms with Crippen molar-refractivity contribution >= 4 is 23.1 Å². The molecule has 3 aromatic rings. The van der Waals surface area contributed by atoms with Gasteiger partial charge in [-0.3, -0.25) is 19.5 Å². The molecule has 35 heavy (non-hydrogen) atoms. The second-order valence-corrected chi connectivity index (χ2v) is 8.21. The summed E-state index contributed by atoms with van der Waals surface area (Å²) in [7, 11) is 1.50. The number of aliphatic hydroxyl groups is 1. The number of pyridine rings is 1. The SMILES string of the molecule is CCCCCOc1ccc(/C(O)=C2\C(=O)C(=O)N(c3ccccc3OC)C2c2cccnc2)cc1. The third-order valence-corrected chi connectivity index (χ3v) is 5.93. The summed E-state index contributed by atoms with van der Waals surface area (Å²) in [6, 6.07) is 16.4. The highest BCUT2D eigenvalue weighted by Gasteiger charge is 2.47. The number of nitrogens with zero attached hydrogens (tertiary/aromatic N) is 2. The molecule has 7 nitrogen and oxygen atoms in total. The van der Waals surface area contributed by atoms with Crippen LogP contribution in [0.25, 0.3) is 5.76 Å². The number of benzene rings is 2. The first-order valence-electron chi connectivity index (χ1n) is 11.6. The van der Waals surface area contributed by atoms with Gasteiger partial charge in [-0.25, -0.2) is 0 Å². The van der Waals surface area contributed by atoms with E-state index < -0.39 is 17.7 Å². The van der Waals surface area contributed by atoms with Crippen LogP contribution >= 0.6 is 0 Å². The molecule has 0 spiro atoms. The smallest absolute Gasteiger partial charge is 0.300 e. The van der Waals surface area contributed by atoms with Crippen LogP contribution in [-0.2, 0) is 9.59 Å². The molecule has 0 bridgehead atoms. The molecular weight excluding hydrogens is 444 g/mol. The number of aromatic nitrogens is 1. The minimum Gasteiger partial charge on any atom is -0.507 e. The van der Waals surface area contributed by atoms with E-state index in [-0.39, 0.29) is 11.3 Å². The van der Waals surface area contributed by atoms with E-state index in [1.165, 1.54) is 12.0 Å². The molecule has 1 atom stereocenters. The third kappa shape index (κ3) is 4.89. The summed E-state index contributed by atoms with van der Waals surface area (Å²) >= 11 is 0. The van der Waals surface area contributed by atoms with Gasteiger partial charge >= 0.3 is 0 Å². The molecule has 1 fully saturated rings. The van der Waals surface area contributed by atoms with Crippen LogP contribution in [0, 0.1) is 0 Å². The fraction of sp³-hybridized carbons (Fsp3) is 0.250. The van der Waals surface area contributed by atoms with Gasteiger partial charge in [0, 0.05) is 18.0 Å². The Hall–Kier alpha value is -4.13. The maximum atomic E-state index is 13.3. The second-order valence-electron chi connectivity index (χ2n) is 8.21. The van der Waals surface area contributed by atoms with E-state index in [1.807, 2.05) is 0 Å².